The van der Waals surface area contributed by atoms with Crippen LogP contribution in [0.25, 0.3) is 0 Å². The molecule has 0 aliphatic rings. The van der Waals surface area contributed by atoms with Crippen molar-refractivity contribution in [3.63, 3.8) is 0 Å². The van der Waals surface area contributed by atoms with Crippen LogP contribution in [0.15, 0.2) is 48.5 Å². The quantitative estimate of drug-likeness (QED) is 0.655. The third-order valence-corrected chi connectivity index (χ3v) is 4.57. The summed E-state index contributed by atoms with van der Waals surface area (Å²) in [6, 6.07) is 12.1. The minimum Gasteiger partial charge on any atom is -0.497 e. The molecule has 0 aliphatic carbocycles. The number of halogens is 1. The molecule has 6 nitrogen and oxygen atoms in total. The summed E-state index contributed by atoms with van der Waals surface area (Å²) in [5.74, 6) is 0.143. The lowest BCUT2D eigenvalue weighted by Gasteiger charge is -2.33. The van der Waals surface area contributed by atoms with Crippen molar-refractivity contribution in [2.45, 2.75) is 52.2 Å². The van der Waals surface area contributed by atoms with Crippen LogP contribution in [0.5, 0.6) is 11.5 Å². The van der Waals surface area contributed by atoms with Gasteiger partial charge in [0, 0.05) is 12.1 Å². The number of methoxy groups -OCH3 is 1. The normalized spacial score (nSPS) is 12.1. The van der Waals surface area contributed by atoms with Gasteiger partial charge in [-0.3, -0.25) is 9.59 Å². The monoisotopic (exact) mass is 430 g/mol. The SMILES string of the molecule is CC[C@@H](C(=O)NC(C)(C)C)N(Cc1ccc(OC)cc1)C(=O)COc1ccc(F)cc1. The second-order valence-electron chi connectivity index (χ2n) is 8.28. The Morgan fingerprint density at radius 2 is 1.61 bits per heavy atom. The first-order valence-corrected chi connectivity index (χ1v) is 10.3. The van der Waals surface area contributed by atoms with Crippen LogP contribution in [-0.4, -0.2) is 42.0 Å². The van der Waals surface area contributed by atoms with Crippen LogP contribution in [0, 0.1) is 5.82 Å². The molecule has 0 fully saturated rings. The zero-order valence-electron chi connectivity index (χ0n) is 18.8. The van der Waals surface area contributed by atoms with Gasteiger partial charge in [-0.1, -0.05) is 19.1 Å². The van der Waals surface area contributed by atoms with Gasteiger partial charge < -0.3 is 19.7 Å². The first kappa shape index (κ1) is 24.2. The maximum Gasteiger partial charge on any atom is 0.261 e. The van der Waals surface area contributed by atoms with Crippen LogP contribution < -0.4 is 14.8 Å². The second kappa shape index (κ2) is 10.8. The third-order valence-electron chi connectivity index (χ3n) is 4.57. The number of nitrogens with zero attached hydrogens (tertiary/aromatic N) is 1. The van der Waals surface area contributed by atoms with E-state index in [2.05, 4.69) is 5.32 Å². The average Bonchev–Trinajstić information content (AvgIpc) is 2.72. The van der Waals surface area contributed by atoms with Gasteiger partial charge >= 0.3 is 0 Å². The highest BCUT2D eigenvalue weighted by Crippen LogP contribution is 2.18. The predicted molar refractivity (Wildman–Crippen MR) is 117 cm³/mol. The smallest absolute Gasteiger partial charge is 0.261 e. The highest BCUT2D eigenvalue weighted by atomic mass is 19.1. The van der Waals surface area contributed by atoms with Crippen LogP contribution in [0.4, 0.5) is 4.39 Å². The van der Waals surface area contributed by atoms with Gasteiger partial charge in [-0.25, -0.2) is 4.39 Å². The van der Waals surface area contributed by atoms with Gasteiger partial charge in [0.15, 0.2) is 6.61 Å². The Bertz CT molecular complexity index is 861. The molecule has 0 spiro atoms. The Balaban J connectivity index is 2.22. The van der Waals surface area contributed by atoms with E-state index < -0.39 is 11.6 Å². The number of rotatable bonds is 9. The summed E-state index contributed by atoms with van der Waals surface area (Å²) in [6.45, 7) is 7.52. The average molecular weight is 431 g/mol. The van der Waals surface area contributed by atoms with Crippen LogP contribution in [0.3, 0.4) is 0 Å². The summed E-state index contributed by atoms with van der Waals surface area (Å²) < 4.78 is 23.8. The zero-order chi connectivity index (χ0) is 23.0. The first-order chi connectivity index (χ1) is 14.6. The number of nitrogens with one attached hydrogen (secondary N) is 1. The number of hydrogen-bond donors (Lipinski definition) is 1. The van der Waals surface area contributed by atoms with Gasteiger partial charge in [-0.15, -0.1) is 0 Å². The molecular formula is C24H31FN2O4. The molecule has 0 saturated heterocycles. The number of hydrogen-bond acceptors (Lipinski definition) is 4. The molecule has 2 rings (SSSR count). The largest absolute Gasteiger partial charge is 0.497 e. The van der Waals surface area contributed by atoms with Crippen molar-refractivity contribution in [3.05, 3.63) is 59.9 Å². The molecule has 0 radical (unpaired) electrons. The number of carbonyl (C=O) groups is 2. The molecule has 31 heavy (non-hydrogen) atoms. The Morgan fingerprint density at radius 3 is 2.13 bits per heavy atom. The molecule has 0 unspecified atom stereocenters. The van der Waals surface area contributed by atoms with Crippen molar-refractivity contribution in [2.24, 2.45) is 0 Å². The van der Waals surface area contributed by atoms with Gasteiger partial charge in [-0.2, -0.15) is 0 Å². The Morgan fingerprint density at radius 1 is 1.03 bits per heavy atom. The van der Waals surface area contributed by atoms with Gasteiger partial charge in [0.1, 0.15) is 23.4 Å². The molecule has 2 aromatic rings. The summed E-state index contributed by atoms with van der Waals surface area (Å²) in [4.78, 5) is 27.6. The van der Waals surface area contributed by atoms with Crippen molar-refractivity contribution in [1.82, 2.24) is 10.2 Å². The number of benzene rings is 2. The maximum atomic E-state index is 13.1. The summed E-state index contributed by atoms with van der Waals surface area (Å²) in [5, 5.41) is 2.95. The minimum absolute atomic E-state index is 0.223. The fourth-order valence-electron chi connectivity index (χ4n) is 3.06. The summed E-state index contributed by atoms with van der Waals surface area (Å²) in [6.07, 6.45) is 0.445. The fraction of sp³-hybridized carbons (Fsp3) is 0.417. The Hall–Kier alpha value is -3.09. The summed E-state index contributed by atoms with van der Waals surface area (Å²) in [5.41, 5.74) is 0.433. The van der Waals surface area contributed by atoms with Crippen LogP contribution >= 0.6 is 0 Å². The summed E-state index contributed by atoms with van der Waals surface area (Å²) >= 11 is 0. The van der Waals surface area contributed by atoms with E-state index in [1.54, 1.807) is 7.11 Å². The van der Waals surface area contributed by atoms with Crippen molar-refractivity contribution < 1.29 is 23.5 Å². The van der Waals surface area contributed by atoms with Crippen molar-refractivity contribution in [1.29, 1.82) is 0 Å². The highest BCUT2D eigenvalue weighted by molar-refractivity contribution is 5.88. The predicted octanol–water partition coefficient (Wildman–Crippen LogP) is 3.94. The molecular weight excluding hydrogens is 399 g/mol. The highest BCUT2D eigenvalue weighted by Gasteiger charge is 2.30. The molecule has 0 aliphatic heterocycles. The molecule has 168 valence electrons. The van der Waals surface area contributed by atoms with Crippen LogP contribution in [0.2, 0.25) is 0 Å². The standard InChI is InChI=1S/C24H31FN2O4/c1-6-21(23(29)26-24(2,3)4)27(15-17-7-11-19(30-5)12-8-17)22(28)16-31-20-13-9-18(25)10-14-20/h7-14,21H,6,15-16H2,1-5H3,(H,26,29)/t21-/m0/s1. The molecule has 7 heteroatoms. The lowest BCUT2D eigenvalue weighted by Crippen LogP contribution is -2.54. The Labute approximate surface area is 183 Å². The Kier molecular flexibility index (Phi) is 8.42. The number of ether oxygens (including phenoxy) is 2. The van der Waals surface area contributed by atoms with Gasteiger partial charge in [0.05, 0.1) is 7.11 Å². The van der Waals surface area contributed by atoms with Crippen molar-refractivity contribution in [3.8, 4) is 11.5 Å². The number of carbonyl (C=O) groups excluding carboxylic acids is 2. The molecule has 0 bridgehead atoms. The molecule has 0 aromatic heterocycles. The zero-order valence-corrected chi connectivity index (χ0v) is 18.8. The van der Waals surface area contributed by atoms with E-state index in [9.17, 15) is 14.0 Å². The lowest BCUT2D eigenvalue weighted by atomic mass is 10.1. The van der Waals surface area contributed by atoms with Gasteiger partial charge in [0.2, 0.25) is 5.91 Å². The second-order valence-corrected chi connectivity index (χ2v) is 8.28. The molecule has 2 amide bonds. The van der Waals surface area contributed by atoms with E-state index in [0.29, 0.717) is 17.9 Å². The van der Waals surface area contributed by atoms with Crippen LogP contribution in [-0.2, 0) is 16.1 Å². The minimum atomic E-state index is -0.661. The van der Waals surface area contributed by atoms with E-state index in [1.807, 2.05) is 52.0 Å². The molecule has 0 saturated carbocycles. The van der Waals surface area contributed by atoms with Crippen molar-refractivity contribution in [2.75, 3.05) is 13.7 Å². The molecule has 1 N–H and O–H groups in total. The number of amides is 2. The lowest BCUT2D eigenvalue weighted by molar-refractivity contribution is -0.143. The van der Waals surface area contributed by atoms with Gasteiger partial charge in [0.25, 0.3) is 5.91 Å². The molecule has 1 atom stereocenters. The van der Waals surface area contributed by atoms with E-state index in [0.717, 1.165) is 5.56 Å². The topological polar surface area (TPSA) is 67.9 Å². The third kappa shape index (κ3) is 7.59. The van der Waals surface area contributed by atoms with Crippen molar-refractivity contribution >= 4 is 11.8 Å². The first-order valence-electron chi connectivity index (χ1n) is 10.3. The van der Waals surface area contributed by atoms with Crippen LogP contribution in [0.1, 0.15) is 39.7 Å². The van der Waals surface area contributed by atoms with E-state index in [4.69, 9.17) is 9.47 Å². The molecule has 2 aromatic carbocycles. The van der Waals surface area contributed by atoms with E-state index in [1.165, 1.54) is 29.2 Å². The summed E-state index contributed by atoms with van der Waals surface area (Å²) in [7, 11) is 1.58. The maximum absolute atomic E-state index is 13.1. The van der Waals surface area contributed by atoms with E-state index >= 15 is 0 Å². The fourth-order valence-corrected chi connectivity index (χ4v) is 3.06. The van der Waals surface area contributed by atoms with E-state index in [-0.39, 0.29) is 30.8 Å². The van der Waals surface area contributed by atoms with Gasteiger partial charge in [-0.05, 0) is 69.2 Å². The molecule has 0 heterocycles.